The SMILES string of the molecule is C=Cc1c2[n-]c(c1C)/C=C1/[N-]/C(=C3\c4[n-]c(c(C)c4C(=O)[C@@H]3C(=O)OC)/C=c3\[n-]/c(c(C=O)c3CC)=C\2)[C@@H](CCC(=O)OC/C=C\C)[C@@H]1C.[Mg+2]. The number of methoxy groups -OCH3 is 1. The van der Waals surface area contributed by atoms with E-state index in [4.69, 9.17) is 29.7 Å². The van der Waals surface area contributed by atoms with Gasteiger partial charge in [-0.3, -0.25) is 19.2 Å². The van der Waals surface area contributed by atoms with Gasteiger partial charge in [0.1, 0.15) is 18.8 Å². The second-order valence-electron chi connectivity index (χ2n) is 12.5. The van der Waals surface area contributed by atoms with E-state index < -0.39 is 17.7 Å². The molecular weight excluding hydrogens is 645 g/mol. The normalized spacial score (nSPS) is 22.8. The summed E-state index contributed by atoms with van der Waals surface area (Å²) in [5.41, 5.74) is 7.55. The number of Topliss-reactive ketones (excluding diaryl/α,β-unsaturated/α-hetero) is 1. The van der Waals surface area contributed by atoms with Crippen LogP contribution in [0.3, 0.4) is 0 Å². The van der Waals surface area contributed by atoms with Crippen molar-refractivity contribution in [1.29, 1.82) is 0 Å². The van der Waals surface area contributed by atoms with E-state index in [-0.39, 0.29) is 53.9 Å². The van der Waals surface area contributed by atoms with Crippen molar-refractivity contribution < 1.29 is 28.7 Å². The summed E-state index contributed by atoms with van der Waals surface area (Å²) in [6.45, 7) is 13.8. The number of ether oxygens (including phenoxy) is 2. The average molecular weight is 683 g/mol. The predicted octanol–water partition coefficient (Wildman–Crippen LogP) is 4.06. The van der Waals surface area contributed by atoms with Gasteiger partial charge >= 0.3 is 35.0 Å². The van der Waals surface area contributed by atoms with Gasteiger partial charge in [0, 0.05) is 17.5 Å². The first-order valence-electron chi connectivity index (χ1n) is 16.5. The minimum Gasteiger partial charge on any atom is -0.664 e. The Hall–Kier alpha value is -4.61. The monoisotopic (exact) mass is 682 g/mol. The van der Waals surface area contributed by atoms with Crippen molar-refractivity contribution in [3.8, 4) is 0 Å². The van der Waals surface area contributed by atoms with Crippen LogP contribution in [0.25, 0.3) is 35.2 Å². The molecule has 0 aromatic carbocycles. The average Bonchev–Trinajstić information content (AvgIpc) is 3.84. The number of esters is 2. The summed E-state index contributed by atoms with van der Waals surface area (Å²) in [5.74, 6) is -3.29. The fraction of sp³-hybridized carbons (Fsp3) is 0.333. The number of hydrogen-bond acceptors (Lipinski definition) is 6. The number of ketones is 1. The molecule has 3 atom stereocenters. The standard InChI is InChI=1S/C39H39N4O6.Mg/c1-8-11-14-49-32(45)13-12-24-20(5)27-15-26-19(4)22(9-2)29(40-26)17-31-25(18-44)23(10-3)30(41-31)16-28-21(6)33-37(43-28)34(36(24)42-27)35(38(33)46)39(47)48-7;/h8-9,11,15-18,20,24,35H,2,10,12-14H2,1,3-7H3,(H-,42,43,44,46);/q-3;+2/p-1/b11-8-,27-15+,31-17-;/t20-,24-,35+;/m0./s1. The molecule has 0 saturated carbocycles. The van der Waals surface area contributed by atoms with Gasteiger partial charge in [0.05, 0.1) is 7.11 Å². The summed E-state index contributed by atoms with van der Waals surface area (Å²) in [6, 6.07) is 0. The van der Waals surface area contributed by atoms with E-state index >= 15 is 0 Å². The summed E-state index contributed by atoms with van der Waals surface area (Å²) in [7, 11) is 1.25. The summed E-state index contributed by atoms with van der Waals surface area (Å²) < 4.78 is 10.5. The van der Waals surface area contributed by atoms with Crippen LogP contribution >= 0.6 is 0 Å². The van der Waals surface area contributed by atoms with Crippen LogP contribution in [0, 0.1) is 31.6 Å². The third-order valence-electron chi connectivity index (χ3n) is 9.86. The van der Waals surface area contributed by atoms with E-state index in [2.05, 4.69) is 6.58 Å². The van der Waals surface area contributed by atoms with Gasteiger partial charge in [0.2, 0.25) is 0 Å². The third-order valence-corrected chi connectivity index (χ3v) is 9.86. The predicted molar refractivity (Wildman–Crippen MR) is 192 cm³/mol. The number of aromatic nitrogens is 3. The molecule has 1 aliphatic carbocycles. The molecule has 2 aliphatic heterocycles. The molecule has 0 N–H and O–H groups in total. The quantitative estimate of drug-likeness (QED) is 0.107. The zero-order valence-electron chi connectivity index (χ0n) is 29.3. The van der Waals surface area contributed by atoms with Crippen LogP contribution in [0.15, 0.2) is 30.1 Å². The summed E-state index contributed by atoms with van der Waals surface area (Å²) in [6.07, 6.45) is 12.6. The van der Waals surface area contributed by atoms with E-state index in [0.717, 1.165) is 23.0 Å². The van der Waals surface area contributed by atoms with Crippen LogP contribution in [-0.2, 0) is 25.5 Å². The Balaban J connectivity index is 0.00000486. The minimum absolute atomic E-state index is 0. The van der Waals surface area contributed by atoms with Crippen molar-refractivity contribution in [3.63, 3.8) is 0 Å². The molecular formula is C39H38MgN4O6-2. The van der Waals surface area contributed by atoms with Gasteiger partial charge in [-0.05, 0) is 51.0 Å². The molecule has 5 heterocycles. The molecule has 254 valence electrons. The molecule has 0 spiro atoms. The summed E-state index contributed by atoms with van der Waals surface area (Å²) in [4.78, 5) is 67.4. The Morgan fingerprint density at radius 2 is 1.72 bits per heavy atom. The molecule has 1 fully saturated rings. The molecule has 50 heavy (non-hydrogen) atoms. The molecule has 3 aromatic heterocycles. The van der Waals surface area contributed by atoms with E-state index in [1.807, 2.05) is 39.8 Å². The fourth-order valence-corrected chi connectivity index (χ4v) is 7.18. The molecule has 3 aromatic rings. The smallest absolute Gasteiger partial charge is 0.664 e. The van der Waals surface area contributed by atoms with Crippen molar-refractivity contribution in [1.82, 2.24) is 15.0 Å². The maximum atomic E-state index is 14.1. The van der Waals surface area contributed by atoms with E-state index in [1.165, 1.54) is 7.11 Å². The fourth-order valence-electron chi connectivity index (χ4n) is 7.18. The Morgan fingerprint density at radius 3 is 2.38 bits per heavy atom. The number of carbonyl (C=O) groups is 4. The zero-order chi connectivity index (χ0) is 35.1. The Bertz CT molecular complexity index is 2140. The maximum Gasteiger partial charge on any atom is 2.00 e. The number of fused-ring (bicyclic) bond motifs is 7. The molecule has 6 rings (SSSR count). The van der Waals surface area contributed by atoms with Gasteiger partial charge in [-0.15, -0.1) is 33.5 Å². The molecule has 11 heteroatoms. The molecule has 1 saturated heterocycles. The number of carbonyl (C=O) groups excluding carboxylic acids is 4. The first kappa shape index (κ1) is 36.7. The molecule has 0 amide bonds. The van der Waals surface area contributed by atoms with Gasteiger partial charge in [0.25, 0.3) is 0 Å². The number of aldehydes is 1. The first-order chi connectivity index (χ1) is 23.6. The third kappa shape index (κ3) is 6.06. The molecule has 8 bridgehead atoms. The van der Waals surface area contributed by atoms with E-state index in [1.54, 1.807) is 31.2 Å². The molecule has 0 unspecified atom stereocenters. The van der Waals surface area contributed by atoms with Crippen LogP contribution in [0.1, 0.15) is 99.4 Å². The summed E-state index contributed by atoms with van der Waals surface area (Å²) in [5, 5.41) is 6.15. The van der Waals surface area contributed by atoms with Gasteiger partial charge in [-0.2, -0.15) is 11.4 Å². The van der Waals surface area contributed by atoms with Gasteiger partial charge < -0.3 is 29.7 Å². The van der Waals surface area contributed by atoms with Crippen LogP contribution in [-0.4, -0.2) is 60.8 Å². The second kappa shape index (κ2) is 14.7. The van der Waals surface area contributed by atoms with Crippen molar-refractivity contribution in [2.24, 2.45) is 17.8 Å². The molecule has 10 nitrogen and oxygen atoms in total. The largest absolute Gasteiger partial charge is 2.00 e. The van der Waals surface area contributed by atoms with Gasteiger partial charge in [-0.25, -0.2) is 0 Å². The van der Waals surface area contributed by atoms with E-state index in [0.29, 0.717) is 80.0 Å². The van der Waals surface area contributed by atoms with Crippen molar-refractivity contribution in [2.75, 3.05) is 13.7 Å². The maximum absolute atomic E-state index is 14.1. The number of rotatable bonds is 9. The van der Waals surface area contributed by atoms with Crippen LogP contribution < -0.4 is 25.7 Å². The second-order valence-corrected chi connectivity index (χ2v) is 12.5. The number of nitrogens with zero attached hydrogens (tertiary/aromatic N) is 4. The van der Waals surface area contributed by atoms with Crippen molar-refractivity contribution in [3.05, 3.63) is 102 Å². The van der Waals surface area contributed by atoms with Gasteiger partial charge in [-0.1, -0.05) is 79.1 Å². The Morgan fingerprint density at radius 1 is 1.00 bits per heavy atom. The van der Waals surface area contributed by atoms with Gasteiger partial charge in [0.15, 0.2) is 5.78 Å². The topological polar surface area (TPSA) is 143 Å². The number of hydrogen-bond donors (Lipinski definition) is 0. The van der Waals surface area contributed by atoms with Crippen LogP contribution in [0.2, 0.25) is 0 Å². The summed E-state index contributed by atoms with van der Waals surface area (Å²) >= 11 is 0. The minimum atomic E-state index is -1.26. The first-order valence-corrected chi connectivity index (χ1v) is 16.5. The molecule has 0 radical (unpaired) electrons. The number of allylic oxidation sites excluding steroid dienone is 3. The molecule has 3 aliphatic rings. The Kier molecular flexibility index (Phi) is 10.8. The Labute approximate surface area is 307 Å². The van der Waals surface area contributed by atoms with Crippen LogP contribution in [0.4, 0.5) is 0 Å². The van der Waals surface area contributed by atoms with Crippen LogP contribution in [0.5, 0.6) is 0 Å². The van der Waals surface area contributed by atoms with E-state index in [9.17, 15) is 19.2 Å². The zero-order valence-corrected chi connectivity index (χ0v) is 30.7. The van der Waals surface area contributed by atoms with Crippen molar-refractivity contribution >= 4 is 76.9 Å². The van der Waals surface area contributed by atoms with Crippen molar-refractivity contribution in [2.45, 2.75) is 53.9 Å².